The van der Waals surface area contributed by atoms with Crippen molar-refractivity contribution in [2.24, 2.45) is 0 Å². The highest BCUT2D eigenvalue weighted by molar-refractivity contribution is 5.96. The van der Waals surface area contributed by atoms with Gasteiger partial charge in [0.25, 0.3) is 5.91 Å². The van der Waals surface area contributed by atoms with E-state index in [1.807, 2.05) is 55.5 Å². The van der Waals surface area contributed by atoms with Crippen LogP contribution in [0.3, 0.4) is 0 Å². The first-order valence-electron chi connectivity index (χ1n) is 14.2. The summed E-state index contributed by atoms with van der Waals surface area (Å²) in [4.78, 5) is 30.7. The molecule has 2 aromatic carbocycles. The maximum absolute atomic E-state index is 13.7. The average Bonchev–Trinajstić information content (AvgIpc) is 3.66. The van der Waals surface area contributed by atoms with Crippen LogP contribution in [0.2, 0.25) is 0 Å². The number of aryl methyl sites for hydroxylation is 1. The van der Waals surface area contributed by atoms with Gasteiger partial charge < -0.3 is 28.4 Å². The Labute approximate surface area is 236 Å². The van der Waals surface area contributed by atoms with Gasteiger partial charge in [-0.15, -0.1) is 0 Å². The van der Waals surface area contributed by atoms with E-state index in [0.717, 1.165) is 18.4 Å². The van der Waals surface area contributed by atoms with Crippen molar-refractivity contribution in [3.8, 4) is 11.5 Å². The van der Waals surface area contributed by atoms with Crippen LogP contribution in [-0.2, 0) is 29.0 Å². The van der Waals surface area contributed by atoms with E-state index in [-0.39, 0.29) is 31.7 Å². The van der Waals surface area contributed by atoms with Crippen molar-refractivity contribution >= 4 is 11.8 Å². The fraction of sp³-hybridized carbons (Fsp3) is 0.438. The van der Waals surface area contributed by atoms with Gasteiger partial charge in [0, 0.05) is 31.9 Å². The molecule has 8 nitrogen and oxygen atoms in total. The third-order valence-corrected chi connectivity index (χ3v) is 6.89. The van der Waals surface area contributed by atoms with Crippen LogP contribution in [0.1, 0.15) is 66.8 Å². The number of fused-ring (bicyclic) bond motifs is 1. The molecule has 1 aliphatic heterocycles. The second-order valence-corrected chi connectivity index (χ2v) is 9.95. The Hall–Kier alpha value is -3.78. The first-order valence-corrected chi connectivity index (χ1v) is 14.2. The van der Waals surface area contributed by atoms with E-state index in [9.17, 15) is 9.59 Å². The zero-order valence-corrected chi connectivity index (χ0v) is 23.6. The monoisotopic (exact) mass is 548 g/mol. The Morgan fingerprint density at radius 2 is 1.68 bits per heavy atom. The predicted octanol–water partition coefficient (Wildman–Crippen LogP) is 5.84. The summed E-state index contributed by atoms with van der Waals surface area (Å²) in [5.41, 5.74) is 2.70. The number of carbonyl (C=O) groups excluding carboxylic acids is 2. The van der Waals surface area contributed by atoms with E-state index in [0.29, 0.717) is 55.5 Å². The molecule has 0 aliphatic carbocycles. The predicted molar refractivity (Wildman–Crippen MR) is 152 cm³/mol. The molecule has 3 aromatic rings. The lowest BCUT2D eigenvalue weighted by atomic mass is 10.0. The first-order chi connectivity index (χ1) is 19.6. The second-order valence-electron chi connectivity index (χ2n) is 9.95. The van der Waals surface area contributed by atoms with Gasteiger partial charge in [0.05, 0.1) is 12.8 Å². The number of hydrogen-bond donors (Lipinski definition) is 0. The van der Waals surface area contributed by atoms with Gasteiger partial charge >= 0.3 is 0 Å². The van der Waals surface area contributed by atoms with E-state index in [1.54, 1.807) is 22.1 Å². The third kappa shape index (κ3) is 8.36. The minimum absolute atomic E-state index is 0.0472. The Morgan fingerprint density at radius 1 is 0.875 bits per heavy atom. The van der Waals surface area contributed by atoms with Crippen molar-refractivity contribution in [3.05, 3.63) is 83.3 Å². The lowest BCUT2D eigenvalue weighted by Gasteiger charge is -2.27. The van der Waals surface area contributed by atoms with Gasteiger partial charge in [0.2, 0.25) is 12.7 Å². The molecular weight excluding hydrogens is 508 g/mol. The summed E-state index contributed by atoms with van der Waals surface area (Å²) in [6, 6.07) is 17.1. The van der Waals surface area contributed by atoms with Gasteiger partial charge in [-0.05, 0) is 73.7 Å². The standard InChI is InChI=1S/C32H40N2O6/c1-3-5-6-9-25-11-14-27(15-12-25)32(36)33(17-8-18-37-4-2)23-31(35)34(22-28-10-7-19-38-28)21-26-13-16-29-30(20-26)40-24-39-29/h7,10-16,19-20H,3-6,8-9,17-18,21-24H2,1-2H3. The van der Waals surface area contributed by atoms with E-state index in [4.69, 9.17) is 18.6 Å². The average molecular weight is 549 g/mol. The molecule has 0 fully saturated rings. The molecule has 0 radical (unpaired) electrons. The first kappa shape index (κ1) is 29.2. The Morgan fingerprint density at radius 3 is 2.42 bits per heavy atom. The van der Waals surface area contributed by atoms with Crippen LogP contribution in [0, 0.1) is 0 Å². The molecule has 0 unspecified atom stereocenters. The van der Waals surface area contributed by atoms with Gasteiger partial charge in [-0.3, -0.25) is 9.59 Å². The molecule has 4 rings (SSSR count). The zero-order valence-electron chi connectivity index (χ0n) is 23.6. The van der Waals surface area contributed by atoms with Crippen LogP contribution >= 0.6 is 0 Å². The SMILES string of the molecule is CCCCCc1ccc(C(=O)N(CCCOCC)CC(=O)N(Cc2ccc3c(c2)OCO3)Cc2ccco2)cc1. The van der Waals surface area contributed by atoms with E-state index in [1.165, 1.54) is 18.4 Å². The fourth-order valence-electron chi connectivity index (χ4n) is 4.68. The molecule has 214 valence electrons. The lowest BCUT2D eigenvalue weighted by Crippen LogP contribution is -2.43. The van der Waals surface area contributed by atoms with Crippen molar-refractivity contribution < 1.29 is 28.2 Å². The normalized spacial score (nSPS) is 11.9. The Balaban J connectivity index is 1.48. The summed E-state index contributed by atoms with van der Waals surface area (Å²) < 4.78 is 22.0. The lowest BCUT2D eigenvalue weighted by molar-refractivity contribution is -0.133. The van der Waals surface area contributed by atoms with Crippen LogP contribution < -0.4 is 9.47 Å². The fourth-order valence-corrected chi connectivity index (χ4v) is 4.68. The molecule has 1 aliphatic rings. The molecule has 40 heavy (non-hydrogen) atoms. The maximum atomic E-state index is 13.7. The molecule has 0 saturated heterocycles. The van der Waals surface area contributed by atoms with Gasteiger partial charge in [0.15, 0.2) is 11.5 Å². The minimum Gasteiger partial charge on any atom is -0.467 e. The largest absolute Gasteiger partial charge is 0.467 e. The zero-order chi connectivity index (χ0) is 28.2. The molecule has 0 spiro atoms. The van der Waals surface area contributed by atoms with Gasteiger partial charge in [-0.2, -0.15) is 0 Å². The Bertz CT molecular complexity index is 1210. The van der Waals surface area contributed by atoms with Gasteiger partial charge in [-0.1, -0.05) is 38.0 Å². The highest BCUT2D eigenvalue weighted by atomic mass is 16.7. The van der Waals surface area contributed by atoms with Crippen molar-refractivity contribution in [2.75, 3.05) is 33.1 Å². The van der Waals surface area contributed by atoms with Gasteiger partial charge in [-0.25, -0.2) is 0 Å². The number of hydrogen-bond acceptors (Lipinski definition) is 6. The number of ether oxygens (including phenoxy) is 3. The summed E-state index contributed by atoms with van der Waals surface area (Å²) in [5.74, 6) is 1.69. The summed E-state index contributed by atoms with van der Waals surface area (Å²) in [7, 11) is 0. The van der Waals surface area contributed by atoms with Crippen molar-refractivity contribution in [1.29, 1.82) is 0 Å². The topological polar surface area (TPSA) is 81.5 Å². The number of amides is 2. The smallest absolute Gasteiger partial charge is 0.254 e. The molecule has 2 heterocycles. The molecule has 1 aromatic heterocycles. The number of rotatable bonds is 16. The van der Waals surface area contributed by atoms with Crippen LogP contribution in [0.4, 0.5) is 0 Å². The molecular formula is C32H40N2O6. The number of benzene rings is 2. The third-order valence-electron chi connectivity index (χ3n) is 6.89. The molecule has 0 N–H and O–H groups in total. The summed E-state index contributed by atoms with van der Waals surface area (Å²) in [6.07, 6.45) is 6.73. The number of nitrogens with zero attached hydrogens (tertiary/aromatic N) is 2. The van der Waals surface area contributed by atoms with E-state index in [2.05, 4.69) is 6.92 Å². The molecule has 8 heteroatoms. The number of unbranched alkanes of at least 4 members (excludes halogenated alkanes) is 2. The minimum atomic E-state index is -0.171. The van der Waals surface area contributed by atoms with Crippen LogP contribution in [0.15, 0.2) is 65.3 Å². The summed E-state index contributed by atoms with van der Waals surface area (Å²) in [5, 5.41) is 0. The van der Waals surface area contributed by atoms with Crippen LogP contribution in [-0.4, -0.2) is 54.7 Å². The van der Waals surface area contributed by atoms with Crippen LogP contribution in [0.5, 0.6) is 11.5 Å². The number of furan rings is 1. The summed E-state index contributed by atoms with van der Waals surface area (Å²) in [6.45, 7) is 6.45. The van der Waals surface area contributed by atoms with Crippen LogP contribution in [0.25, 0.3) is 0 Å². The van der Waals surface area contributed by atoms with E-state index < -0.39 is 0 Å². The van der Waals surface area contributed by atoms with Crippen molar-refractivity contribution in [3.63, 3.8) is 0 Å². The summed E-state index contributed by atoms with van der Waals surface area (Å²) >= 11 is 0. The molecule has 2 amide bonds. The highest BCUT2D eigenvalue weighted by Crippen LogP contribution is 2.33. The number of carbonyl (C=O) groups is 2. The molecule has 0 atom stereocenters. The molecule has 0 saturated carbocycles. The maximum Gasteiger partial charge on any atom is 0.254 e. The second kappa shape index (κ2) is 15.1. The van der Waals surface area contributed by atoms with Crippen molar-refractivity contribution in [1.82, 2.24) is 9.80 Å². The Kier molecular flexibility index (Phi) is 11.0. The molecule has 0 bridgehead atoms. The quantitative estimate of drug-likeness (QED) is 0.209. The van der Waals surface area contributed by atoms with Crippen molar-refractivity contribution in [2.45, 2.75) is 59.0 Å². The highest BCUT2D eigenvalue weighted by Gasteiger charge is 2.24. The van der Waals surface area contributed by atoms with Gasteiger partial charge in [0.1, 0.15) is 12.3 Å². The van der Waals surface area contributed by atoms with E-state index >= 15 is 0 Å².